The number of fused-ring (bicyclic) bond motifs is 1. The van der Waals surface area contributed by atoms with Crippen molar-refractivity contribution in [1.82, 2.24) is 0 Å². The van der Waals surface area contributed by atoms with Gasteiger partial charge < -0.3 is 9.15 Å². The average Bonchev–Trinajstić information content (AvgIpc) is 2.61. The molecule has 0 amide bonds. The van der Waals surface area contributed by atoms with Crippen LogP contribution < -0.4 is 10.2 Å². The average molecular weight is 326 g/mol. The van der Waals surface area contributed by atoms with Crippen molar-refractivity contribution in [2.24, 2.45) is 0 Å². The Hall–Kier alpha value is -2.95. The fraction of sp³-hybridized carbons (Fsp3) is 0.158. The molecule has 0 spiro atoms. The van der Waals surface area contributed by atoms with Crippen molar-refractivity contribution in [2.45, 2.75) is 13.3 Å². The molecule has 0 N–H and O–H groups in total. The number of benzene rings is 2. The molecule has 24 heavy (non-hydrogen) atoms. The molecule has 2 aromatic carbocycles. The molecule has 0 atom stereocenters. The maximum absolute atomic E-state index is 13.1. The minimum atomic E-state index is -0.422. The van der Waals surface area contributed by atoms with E-state index >= 15 is 0 Å². The normalized spacial score (nSPS) is 10.8. The fourth-order valence-electron chi connectivity index (χ4n) is 2.72. The van der Waals surface area contributed by atoms with Crippen LogP contribution in [0.5, 0.6) is 5.75 Å². The Balaban J connectivity index is 2.37. The van der Waals surface area contributed by atoms with E-state index in [1.807, 2.05) is 6.92 Å². The van der Waals surface area contributed by atoms with Gasteiger partial charge >= 0.3 is 0 Å². The summed E-state index contributed by atoms with van der Waals surface area (Å²) in [6, 6.07) is 8.69. The van der Waals surface area contributed by atoms with Crippen LogP contribution in [0, 0.1) is 5.82 Å². The lowest BCUT2D eigenvalue weighted by Crippen LogP contribution is -2.09. The summed E-state index contributed by atoms with van der Waals surface area (Å²) in [5.74, 6) is 0.0829. The first-order valence-electron chi connectivity index (χ1n) is 7.47. The molecule has 0 fully saturated rings. The van der Waals surface area contributed by atoms with Crippen LogP contribution in [0.4, 0.5) is 4.39 Å². The third kappa shape index (κ3) is 2.58. The van der Waals surface area contributed by atoms with Gasteiger partial charge in [-0.1, -0.05) is 19.1 Å². The van der Waals surface area contributed by atoms with E-state index in [2.05, 4.69) is 0 Å². The van der Waals surface area contributed by atoms with Gasteiger partial charge in [-0.3, -0.25) is 9.59 Å². The lowest BCUT2D eigenvalue weighted by Gasteiger charge is -2.10. The topological polar surface area (TPSA) is 56.5 Å². The number of aryl methyl sites for hydroxylation is 1. The van der Waals surface area contributed by atoms with Gasteiger partial charge in [0.2, 0.25) is 5.43 Å². The lowest BCUT2D eigenvalue weighted by atomic mass is 10.0. The number of rotatable bonds is 4. The molecule has 1 heterocycles. The van der Waals surface area contributed by atoms with Crippen LogP contribution in [0.2, 0.25) is 0 Å². The highest BCUT2D eigenvalue weighted by atomic mass is 19.1. The van der Waals surface area contributed by atoms with Crippen LogP contribution in [0.1, 0.15) is 23.0 Å². The van der Waals surface area contributed by atoms with E-state index in [1.54, 1.807) is 12.1 Å². The fourth-order valence-corrected chi connectivity index (χ4v) is 2.72. The van der Waals surface area contributed by atoms with E-state index in [1.165, 1.54) is 31.4 Å². The number of ether oxygens (including phenoxy) is 1. The van der Waals surface area contributed by atoms with Gasteiger partial charge in [-0.25, -0.2) is 4.39 Å². The summed E-state index contributed by atoms with van der Waals surface area (Å²) in [7, 11) is 1.53. The van der Waals surface area contributed by atoms with Gasteiger partial charge in [0, 0.05) is 6.07 Å². The van der Waals surface area contributed by atoms with Gasteiger partial charge in [-0.05, 0) is 35.7 Å². The number of methoxy groups -OCH3 is 1. The van der Waals surface area contributed by atoms with Gasteiger partial charge in [0.1, 0.15) is 17.1 Å². The van der Waals surface area contributed by atoms with Crippen molar-refractivity contribution < 1.29 is 18.3 Å². The highest BCUT2D eigenvalue weighted by Gasteiger charge is 2.18. The van der Waals surface area contributed by atoms with Crippen LogP contribution in [-0.2, 0) is 6.42 Å². The number of halogens is 1. The molecule has 0 saturated heterocycles. The van der Waals surface area contributed by atoms with E-state index in [-0.39, 0.29) is 22.3 Å². The maximum Gasteiger partial charge on any atom is 0.201 e. The number of hydrogen-bond acceptors (Lipinski definition) is 4. The predicted octanol–water partition coefficient (Wildman–Crippen LogP) is 3.98. The first-order valence-corrected chi connectivity index (χ1v) is 7.47. The Morgan fingerprint density at radius 1 is 1.21 bits per heavy atom. The number of carbonyl (C=O) groups is 1. The van der Waals surface area contributed by atoms with Crippen molar-refractivity contribution in [3.05, 3.63) is 63.8 Å². The van der Waals surface area contributed by atoms with Crippen LogP contribution in [0.25, 0.3) is 22.1 Å². The number of aldehydes is 1. The summed E-state index contributed by atoms with van der Waals surface area (Å²) in [6.45, 7) is 1.95. The molecule has 0 aliphatic heterocycles. The highest BCUT2D eigenvalue weighted by molar-refractivity contribution is 5.91. The SMILES string of the molecule is CCc1cc2c(=O)c(-c3ccc(F)cc3)c(C=O)oc2cc1OC. The molecule has 5 heteroatoms. The second-order valence-corrected chi connectivity index (χ2v) is 5.31. The van der Waals surface area contributed by atoms with E-state index in [0.717, 1.165) is 5.56 Å². The van der Waals surface area contributed by atoms with Crippen LogP contribution >= 0.6 is 0 Å². The Morgan fingerprint density at radius 2 is 1.92 bits per heavy atom. The molecule has 0 aliphatic rings. The summed E-state index contributed by atoms with van der Waals surface area (Å²) in [4.78, 5) is 24.3. The third-order valence-corrected chi connectivity index (χ3v) is 3.94. The van der Waals surface area contributed by atoms with E-state index in [9.17, 15) is 14.0 Å². The summed E-state index contributed by atoms with van der Waals surface area (Å²) >= 11 is 0. The molecule has 0 saturated carbocycles. The maximum atomic E-state index is 13.1. The lowest BCUT2D eigenvalue weighted by molar-refractivity contribution is 0.110. The van der Waals surface area contributed by atoms with Gasteiger partial charge in [0.15, 0.2) is 12.0 Å². The molecule has 0 radical (unpaired) electrons. The first kappa shape index (κ1) is 15.9. The summed E-state index contributed by atoms with van der Waals surface area (Å²) in [5, 5.41) is 0.359. The van der Waals surface area contributed by atoms with Gasteiger partial charge in [0.25, 0.3) is 0 Å². The molecular formula is C19H15FO4. The second kappa shape index (κ2) is 6.28. The second-order valence-electron chi connectivity index (χ2n) is 5.31. The highest BCUT2D eigenvalue weighted by Crippen LogP contribution is 2.29. The molecule has 0 unspecified atom stereocenters. The summed E-state index contributed by atoms with van der Waals surface area (Å²) in [6.07, 6.45) is 1.17. The Bertz CT molecular complexity index is 971. The van der Waals surface area contributed by atoms with Crippen LogP contribution in [0.3, 0.4) is 0 Å². The van der Waals surface area contributed by atoms with Crippen molar-refractivity contribution >= 4 is 17.3 Å². The Labute approximate surface area is 137 Å². The molecule has 1 aromatic heterocycles. The van der Waals surface area contributed by atoms with Crippen molar-refractivity contribution in [1.29, 1.82) is 0 Å². The van der Waals surface area contributed by atoms with Gasteiger partial charge in [0.05, 0.1) is 18.1 Å². The molecule has 3 aromatic rings. The minimum Gasteiger partial charge on any atom is -0.496 e. The first-order chi connectivity index (χ1) is 11.6. The standard InChI is InChI=1S/C19H15FO4/c1-3-11-8-14-16(9-15(11)23-2)24-17(10-21)18(19(14)22)12-4-6-13(20)7-5-12/h4-10H,3H2,1-2H3. The zero-order valence-electron chi connectivity index (χ0n) is 13.3. The van der Waals surface area contributed by atoms with Gasteiger partial charge in [-0.2, -0.15) is 0 Å². The minimum absolute atomic E-state index is 0.0922. The Morgan fingerprint density at radius 3 is 2.50 bits per heavy atom. The predicted molar refractivity (Wildman–Crippen MR) is 89.2 cm³/mol. The molecular weight excluding hydrogens is 311 g/mol. The van der Waals surface area contributed by atoms with Crippen molar-refractivity contribution in [2.75, 3.05) is 7.11 Å². The summed E-state index contributed by atoms with van der Waals surface area (Å²) < 4.78 is 24.0. The molecule has 4 nitrogen and oxygen atoms in total. The Kier molecular flexibility index (Phi) is 4.16. The van der Waals surface area contributed by atoms with Crippen LogP contribution in [-0.4, -0.2) is 13.4 Å². The molecule has 0 bridgehead atoms. The zero-order chi connectivity index (χ0) is 17.3. The molecule has 122 valence electrons. The summed E-state index contributed by atoms with van der Waals surface area (Å²) in [5.41, 5.74) is 1.37. The molecule has 0 aliphatic carbocycles. The quantitative estimate of drug-likeness (QED) is 0.680. The number of carbonyl (C=O) groups excluding carboxylic acids is 1. The van der Waals surface area contributed by atoms with Crippen molar-refractivity contribution in [3.63, 3.8) is 0 Å². The smallest absolute Gasteiger partial charge is 0.201 e. The van der Waals surface area contributed by atoms with E-state index in [0.29, 0.717) is 29.4 Å². The third-order valence-electron chi connectivity index (χ3n) is 3.94. The van der Waals surface area contributed by atoms with E-state index in [4.69, 9.17) is 9.15 Å². The van der Waals surface area contributed by atoms with Crippen molar-refractivity contribution in [3.8, 4) is 16.9 Å². The number of hydrogen-bond donors (Lipinski definition) is 0. The zero-order valence-corrected chi connectivity index (χ0v) is 13.3. The monoisotopic (exact) mass is 326 g/mol. The van der Waals surface area contributed by atoms with Gasteiger partial charge in [-0.15, -0.1) is 0 Å². The molecule has 3 rings (SSSR count). The van der Waals surface area contributed by atoms with E-state index < -0.39 is 5.82 Å². The van der Waals surface area contributed by atoms with Crippen LogP contribution in [0.15, 0.2) is 45.6 Å². The largest absolute Gasteiger partial charge is 0.496 e.